The number of ether oxygens (including phenoxy) is 2. The number of hydrogen-bond donors (Lipinski definition) is 2. The van der Waals surface area contributed by atoms with Crippen molar-refractivity contribution in [2.75, 3.05) is 34.4 Å². The van der Waals surface area contributed by atoms with E-state index in [1.165, 1.54) is 26.4 Å². The van der Waals surface area contributed by atoms with Gasteiger partial charge < -0.3 is 29.1 Å². The number of rotatable bonds is 7. The molecule has 162 valence electrons. The van der Waals surface area contributed by atoms with E-state index in [2.05, 4.69) is 5.16 Å². The fourth-order valence-corrected chi connectivity index (χ4v) is 3.84. The molecule has 0 aliphatic carbocycles. The minimum Gasteiger partial charge on any atom is -0.507 e. The van der Waals surface area contributed by atoms with Gasteiger partial charge in [-0.25, -0.2) is 0 Å². The smallest absolute Gasteiger partial charge is 0.192 e. The Bertz CT molecular complexity index is 953. The molecule has 9 heteroatoms. The molecule has 1 aliphatic heterocycles. The number of phenols is 1. The van der Waals surface area contributed by atoms with E-state index in [0.717, 1.165) is 0 Å². The zero-order valence-electron chi connectivity index (χ0n) is 17.5. The molecule has 2 atom stereocenters. The number of ketones is 2. The van der Waals surface area contributed by atoms with Crippen LogP contribution >= 0.6 is 0 Å². The third-order valence-electron chi connectivity index (χ3n) is 5.38. The van der Waals surface area contributed by atoms with E-state index in [4.69, 9.17) is 14.0 Å². The van der Waals surface area contributed by atoms with Gasteiger partial charge in [-0.2, -0.15) is 0 Å². The van der Waals surface area contributed by atoms with Gasteiger partial charge in [0.1, 0.15) is 34.3 Å². The summed E-state index contributed by atoms with van der Waals surface area (Å²) in [4.78, 5) is 27.4. The van der Waals surface area contributed by atoms with Crippen LogP contribution < -0.4 is 9.47 Å². The Balaban J connectivity index is 2.01. The van der Waals surface area contributed by atoms with Crippen LogP contribution in [0.1, 0.15) is 50.9 Å². The second-order valence-corrected chi connectivity index (χ2v) is 7.49. The molecule has 0 amide bonds. The summed E-state index contributed by atoms with van der Waals surface area (Å²) in [6.45, 7) is 2.78. The second-order valence-electron chi connectivity index (χ2n) is 7.49. The summed E-state index contributed by atoms with van der Waals surface area (Å²) in [6, 6.07) is 2.94. The van der Waals surface area contributed by atoms with Gasteiger partial charge in [0.15, 0.2) is 11.6 Å². The van der Waals surface area contributed by atoms with Gasteiger partial charge in [0.2, 0.25) is 0 Å². The van der Waals surface area contributed by atoms with Crippen molar-refractivity contribution in [1.29, 1.82) is 0 Å². The average Bonchev–Trinajstić information content (AvgIpc) is 3.14. The maximum absolute atomic E-state index is 13.0. The Morgan fingerprint density at radius 2 is 1.93 bits per heavy atom. The molecule has 0 saturated carbocycles. The predicted molar refractivity (Wildman–Crippen MR) is 107 cm³/mol. The molecule has 0 unspecified atom stereocenters. The SMILES string of the molecule is COc1cc(OC)c([C@H]2CCN(C)C[C@H]2O)c(O)c1C(=O)CC(=O)c1cc(C)on1. The number of aromatic hydroxyl groups is 1. The Morgan fingerprint density at radius 1 is 1.23 bits per heavy atom. The first-order valence-electron chi connectivity index (χ1n) is 9.61. The quantitative estimate of drug-likeness (QED) is 0.513. The minimum atomic E-state index is -0.750. The van der Waals surface area contributed by atoms with Crippen molar-refractivity contribution in [1.82, 2.24) is 10.1 Å². The Kier molecular flexibility index (Phi) is 6.42. The molecule has 0 radical (unpaired) electrons. The molecule has 3 rings (SSSR count). The molecule has 1 aromatic carbocycles. The van der Waals surface area contributed by atoms with Crippen molar-refractivity contribution >= 4 is 11.6 Å². The monoisotopic (exact) mass is 418 g/mol. The van der Waals surface area contributed by atoms with Gasteiger partial charge in [0.05, 0.1) is 26.7 Å². The molecule has 2 N–H and O–H groups in total. The van der Waals surface area contributed by atoms with Crippen LogP contribution in [0.5, 0.6) is 17.2 Å². The molecule has 0 spiro atoms. The fourth-order valence-electron chi connectivity index (χ4n) is 3.84. The molecule has 1 aromatic heterocycles. The molecule has 9 nitrogen and oxygen atoms in total. The number of aryl methyl sites for hydroxylation is 1. The molecule has 2 heterocycles. The number of hydrogen-bond acceptors (Lipinski definition) is 9. The highest BCUT2D eigenvalue weighted by Crippen LogP contribution is 2.46. The summed E-state index contributed by atoms with van der Waals surface area (Å²) in [6.07, 6.45) is -0.698. The summed E-state index contributed by atoms with van der Waals surface area (Å²) in [5.74, 6) is -1.07. The van der Waals surface area contributed by atoms with Crippen LogP contribution in [-0.2, 0) is 0 Å². The number of benzene rings is 1. The number of carbonyl (C=O) groups is 2. The Labute approximate surface area is 174 Å². The van der Waals surface area contributed by atoms with Crippen LogP contribution in [-0.4, -0.2) is 72.3 Å². The number of Topliss-reactive ketones (excluding diaryl/α,β-unsaturated/α-hetero) is 2. The van der Waals surface area contributed by atoms with Crippen LogP contribution in [0.15, 0.2) is 16.7 Å². The van der Waals surface area contributed by atoms with Crippen molar-refractivity contribution in [3.05, 3.63) is 34.7 Å². The van der Waals surface area contributed by atoms with E-state index in [1.54, 1.807) is 6.92 Å². The Morgan fingerprint density at radius 3 is 2.50 bits per heavy atom. The lowest BCUT2D eigenvalue weighted by atomic mass is 9.84. The van der Waals surface area contributed by atoms with E-state index < -0.39 is 30.0 Å². The number of β-amino-alcohol motifs (C(OH)–C–C–N with tert-alkyl or cyclic N) is 1. The van der Waals surface area contributed by atoms with Crippen LogP contribution in [0.4, 0.5) is 0 Å². The van der Waals surface area contributed by atoms with E-state index >= 15 is 0 Å². The van der Waals surface area contributed by atoms with Crippen LogP contribution in [0, 0.1) is 6.92 Å². The molecule has 0 bridgehead atoms. The number of nitrogens with zero attached hydrogens (tertiary/aromatic N) is 2. The number of methoxy groups -OCH3 is 2. The van der Waals surface area contributed by atoms with Gasteiger partial charge in [-0.15, -0.1) is 0 Å². The lowest BCUT2D eigenvalue weighted by molar-refractivity contribution is 0.0618. The zero-order chi connectivity index (χ0) is 22.0. The lowest BCUT2D eigenvalue weighted by Gasteiger charge is -2.35. The summed E-state index contributed by atoms with van der Waals surface area (Å²) >= 11 is 0. The van der Waals surface area contributed by atoms with Crippen LogP contribution in [0.25, 0.3) is 0 Å². The third-order valence-corrected chi connectivity index (χ3v) is 5.38. The molecule has 30 heavy (non-hydrogen) atoms. The highest BCUT2D eigenvalue weighted by atomic mass is 16.5. The first-order chi connectivity index (χ1) is 14.3. The molecule has 2 aromatic rings. The van der Waals surface area contributed by atoms with Gasteiger partial charge >= 0.3 is 0 Å². The topological polar surface area (TPSA) is 122 Å². The fraction of sp³-hybridized carbons (Fsp3) is 0.476. The number of likely N-dealkylation sites (N-methyl/N-ethyl adjacent to an activating group) is 1. The number of aliphatic hydroxyl groups is 1. The highest BCUT2D eigenvalue weighted by Gasteiger charge is 2.35. The van der Waals surface area contributed by atoms with Gasteiger partial charge in [-0.1, -0.05) is 5.16 Å². The van der Waals surface area contributed by atoms with Crippen LogP contribution in [0.3, 0.4) is 0 Å². The summed E-state index contributed by atoms with van der Waals surface area (Å²) in [7, 11) is 4.70. The number of piperidine rings is 1. The molecular weight excluding hydrogens is 392 g/mol. The van der Waals surface area contributed by atoms with Crippen molar-refractivity contribution < 1.29 is 33.8 Å². The average molecular weight is 418 g/mol. The summed E-state index contributed by atoms with van der Waals surface area (Å²) in [5, 5.41) is 25.3. The predicted octanol–water partition coefficient (Wildman–Crippen LogP) is 1.94. The number of likely N-dealkylation sites (tertiary alicyclic amines) is 1. The van der Waals surface area contributed by atoms with E-state index in [1.807, 2.05) is 11.9 Å². The van der Waals surface area contributed by atoms with Crippen molar-refractivity contribution in [2.24, 2.45) is 0 Å². The zero-order valence-corrected chi connectivity index (χ0v) is 17.5. The maximum Gasteiger partial charge on any atom is 0.192 e. The molecule has 1 fully saturated rings. The minimum absolute atomic E-state index is 0.0405. The third kappa shape index (κ3) is 4.17. The van der Waals surface area contributed by atoms with Gasteiger partial charge in [0, 0.05) is 30.2 Å². The standard InChI is InChI=1S/C21H26N2O7/c1-11-7-13(22-30-11)14(24)8-15(25)20-18(29-4)9-17(28-3)19(21(20)27)12-5-6-23(2)10-16(12)26/h7,9,12,16,26-27H,5-6,8,10H2,1-4H3/t12-,16+/m0/s1. The maximum atomic E-state index is 13.0. The lowest BCUT2D eigenvalue weighted by Crippen LogP contribution is -2.40. The number of aromatic nitrogens is 1. The molecule has 1 aliphatic rings. The first kappa shape index (κ1) is 21.8. The summed E-state index contributed by atoms with van der Waals surface area (Å²) in [5.41, 5.74) is 0.263. The van der Waals surface area contributed by atoms with Gasteiger partial charge in [0.25, 0.3) is 0 Å². The van der Waals surface area contributed by atoms with Crippen LogP contribution in [0.2, 0.25) is 0 Å². The van der Waals surface area contributed by atoms with Crippen molar-refractivity contribution in [3.8, 4) is 17.2 Å². The molecular formula is C21H26N2O7. The number of carbonyl (C=O) groups excluding carboxylic acids is 2. The van der Waals surface area contributed by atoms with E-state index in [-0.39, 0.29) is 22.8 Å². The largest absolute Gasteiger partial charge is 0.507 e. The number of aliphatic hydroxyl groups excluding tert-OH is 1. The van der Waals surface area contributed by atoms with Crippen molar-refractivity contribution in [2.45, 2.75) is 31.8 Å². The second kappa shape index (κ2) is 8.85. The van der Waals surface area contributed by atoms with Gasteiger partial charge in [-0.3, -0.25) is 9.59 Å². The van der Waals surface area contributed by atoms with Gasteiger partial charge in [-0.05, 0) is 26.9 Å². The Hall–Kier alpha value is -2.91. The van der Waals surface area contributed by atoms with Crippen molar-refractivity contribution in [3.63, 3.8) is 0 Å². The molecule has 1 saturated heterocycles. The highest BCUT2D eigenvalue weighted by molar-refractivity contribution is 6.15. The van der Waals surface area contributed by atoms with E-state index in [0.29, 0.717) is 36.6 Å². The first-order valence-corrected chi connectivity index (χ1v) is 9.61. The normalized spacial score (nSPS) is 19.5. The summed E-state index contributed by atoms with van der Waals surface area (Å²) < 4.78 is 15.6. The van der Waals surface area contributed by atoms with E-state index in [9.17, 15) is 19.8 Å². The number of phenolic OH excluding ortho intramolecular Hbond substituents is 1.